The van der Waals surface area contributed by atoms with Crippen LogP contribution in [0, 0.1) is 0 Å². The molecule has 27 heavy (non-hydrogen) atoms. The fourth-order valence-electron chi connectivity index (χ4n) is 3.64. The maximum atomic E-state index is 13.1. The number of methoxy groups -OCH3 is 1. The summed E-state index contributed by atoms with van der Waals surface area (Å²) in [6, 6.07) is 19.3. The zero-order valence-electron chi connectivity index (χ0n) is 15.0. The van der Waals surface area contributed by atoms with Gasteiger partial charge in [-0.2, -0.15) is 0 Å². The van der Waals surface area contributed by atoms with Crippen molar-refractivity contribution < 1.29 is 23.8 Å². The number of fused-ring (bicyclic) bond motifs is 2. The number of esters is 1. The van der Waals surface area contributed by atoms with Crippen LogP contribution in [0.25, 0.3) is 0 Å². The number of nitrogens with zero attached hydrogens (tertiary/aromatic N) is 1. The fraction of sp³-hybridized carbons (Fsp3) is 0.333. The fourth-order valence-corrected chi connectivity index (χ4v) is 3.64. The van der Waals surface area contributed by atoms with E-state index in [9.17, 15) is 9.59 Å². The second kappa shape index (κ2) is 7.50. The van der Waals surface area contributed by atoms with E-state index in [1.165, 1.54) is 7.11 Å². The zero-order chi connectivity index (χ0) is 18.8. The number of amides is 1. The van der Waals surface area contributed by atoms with Gasteiger partial charge < -0.3 is 19.1 Å². The third-order valence-electron chi connectivity index (χ3n) is 4.99. The van der Waals surface area contributed by atoms with E-state index >= 15 is 0 Å². The van der Waals surface area contributed by atoms with E-state index in [-0.39, 0.29) is 11.9 Å². The van der Waals surface area contributed by atoms with Crippen molar-refractivity contribution >= 4 is 11.9 Å². The number of benzene rings is 2. The number of hydrogen-bond donors (Lipinski definition) is 0. The van der Waals surface area contributed by atoms with Gasteiger partial charge in [0.25, 0.3) is 5.91 Å². The van der Waals surface area contributed by atoms with Gasteiger partial charge in [-0.1, -0.05) is 60.7 Å². The molecule has 6 nitrogen and oxygen atoms in total. The van der Waals surface area contributed by atoms with Crippen molar-refractivity contribution in [1.82, 2.24) is 4.90 Å². The molecule has 2 aromatic rings. The van der Waals surface area contributed by atoms with Gasteiger partial charge in [-0.15, -0.1) is 0 Å². The van der Waals surface area contributed by atoms with Crippen molar-refractivity contribution in [2.24, 2.45) is 0 Å². The Morgan fingerprint density at radius 3 is 2.26 bits per heavy atom. The topological polar surface area (TPSA) is 65.1 Å². The molecule has 2 saturated heterocycles. The number of carbonyl (C=O) groups excluding carboxylic acids is 2. The highest BCUT2D eigenvalue weighted by Gasteiger charge is 2.55. The molecule has 140 valence electrons. The maximum absolute atomic E-state index is 13.1. The summed E-state index contributed by atoms with van der Waals surface area (Å²) in [5.41, 5.74) is 2.08. The predicted molar refractivity (Wildman–Crippen MR) is 96.5 cm³/mol. The molecule has 2 aliphatic rings. The van der Waals surface area contributed by atoms with Crippen LogP contribution in [0.4, 0.5) is 0 Å². The number of rotatable bonds is 5. The molecule has 4 atom stereocenters. The number of morpholine rings is 1. The normalized spacial score (nSPS) is 26.9. The van der Waals surface area contributed by atoms with E-state index in [0.29, 0.717) is 13.0 Å². The summed E-state index contributed by atoms with van der Waals surface area (Å²) in [6.07, 6.45) is -2.07. The van der Waals surface area contributed by atoms with E-state index in [1.54, 1.807) is 4.90 Å². The lowest BCUT2D eigenvalue weighted by Crippen LogP contribution is -2.56. The molecule has 2 aliphatic heterocycles. The summed E-state index contributed by atoms with van der Waals surface area (Å²) in [7, 11) is 1.28. The Morgan fingerprint density at radius 1 is 1.00 bits per heavy atom. The molecule has 1 amide bonds. The molecule has 6 heteroatoms. The molecule has 0 spiro atoms. The third-order valence-corrected chi connectivity index (χ3v) is 4.99. The Bertz CT molecular complexity index is 810. The molecular formula is C21H21NO5. The molecule has 4 rings (SSSR count). The van der Waals surface area contributed by atoms with Crippen molar-refractivity contribution in [1.29, 1.82) is 0 Å². The van der Waals surface area contributed by atoms with Crippen LogP contribution in [0.1, 0.15) is 11.1 Å². The number of ether oxygens (including phenoxy) is 3. The average Bonchev–Trinajstić information content (AvgIpc) is 3.12. The first-order valence-corrected chi connectivity index (χ1v) is 8.94. The van der Waals surface area contributed by atoms with Crippen LogP contribution >= 0.6 is 0 Å². The van der Waals surface area contributed by atoms with Crippen LogP contribution in [-0.4, -0.2) is 48.4 Å². The van der Waals surface area contributed by atoms with Gasteiger partial charge in [0.1, 0.15) is 0 Å². The van der Waals surface area contributed by atoms with Gasteiger partial charge in [0.2, 0.25) is 0 Å². The third kappa shape index (κ3) is 3.46. The van der Waals surface area contributed by atoms with Crippen molar-refractivity contribution in [2.45, 2.75) is 37.5 Å². The van der Waals surface area contributed by atoms with Crippen LogP contribution in [0.2, 0.25) is 0 Å². The molecule has 2 aromatic carbocycles. The lowest BCUT2D eigenvalue weighted by molar-refractivity contribution is -0.177. The maximum Gasteiger partial charge on any atom is 0.338 e. The first kappa shape index (κ1) is 17.7. The molecule has 0 N–H and O–H groups in total. The molecule has 0 aliphatic carbocycles. The summed E-state index contributed by atoms with van der Waals surface area (Å²) < 4.78 is 16.4. The monoisotopic (exact) mass is 367 g/mol. The molecule has 0 radical (unpaired) electrons. The Balaban J connectivity index is 1.64. The SMILES string of the molecule is COC(=O)[C@@H]1O[C@@H]2O[C@H]1C(=O)N(Cc1ccccc1)[C@@H]2Cc1ccccc1. The van der Waals surface area contributed by atoms with Gasteiger partial charge in [0.15, 0.2) is 18.5 Å². The quantitative estimate of drug-likeness (QED) is 0.756. The Labute approximate surface area is 157 Å². The van der Waals surface area contributed by atoms with Gasteiger partial charge in [0, 0.05) is 6.54 Å². The first-order valence-electron chi connectivity index (χ1n) is 8.94. The summed E-state index contributed by atoms with van der Waals surface area (Å²) in [5, 5.41) is 0. The van der Waals surface area contributed by atoms with Crippen molar-refractivity contribution in [3.05, 3.63) is 71.8 Å². The van der Waals surface area contributed by atoms with Crippen molar-refractivity contribution in [3.63, 3.8) is 0 Å². The summed E-state index contributed by atoms with van der Waals surface area (Å²) in [5.74, 6) is -0.834. The molecule has 2 heterocycles. The van der Waals surface area contributed by atoms with E-state index in [1.807, 2.05) is 60.7 Å². The van der Waals surface area contributed by atoms with Gasteiger partial charge in [0.05, 0.1) is 13.2 Å². The number of carbonyl (C=O) groups is 2. The lowest BCUT2D eigenvalue weighted by Gasteiger charge is -2.38. The minimum atomic E-state index is -1.02. The standard InChI is InChI=1S/C21H21NO5/c1-25-20(24)18-17-19(23)22(13-15-10-6-3-7-11-15)16(21(26-17)27-18)12-14-8-4-2-5-9-14/h2-11,16-18,21H,12-13H2,1H3/t16-,17-,18-,21+/m1/s1. The predicted octanol–water partition coefficient (Wildman–Crippen LogP) is 1.92. The summed E-state index contributed by atoms with van der Waals surface area (Å²) in [6.45, 7) is 0.435. The van der Waals surface area contributed by atoms with Gasteiger partial charge in [-0.05, 0) is 17.5 Å². The minimum Gasteiger partial charge on any atom is -0.467 e. The van der Waals surface area contributed by atoms with Crippen molar-refractivity contribution in [2.75, 3.05) is 7.11 Å². The average molecular weight is 367 g/mol. The highest BCUT2D eigenvalue weighted by Crippen LogP contribution is 2.34. The molecular weight excluding hydrogens is 346 g/mol. The van der Waals surface area contributed by atoms with E-state index in [2.05, 4.69) is 0 Å². The van der Waals surface area contributed by atoms with Crippen LogP contribution in [0.15, 0.2) is 60.7 Å². The smallest absolute Gasteiger partial charge is 0.338 e. The van der Waals surface area contributed by atoms with Crippen LogP contribution in [-0.2, 0) is 36.8 Å². The van der Waals surface area contributed by atoms with E-state index in [4.69, 9.17) is 14.2 Å². The molecule has 0 unspecified atom stereocenters. The molecule has 2 bridgehead atoms. The molecule has 0 saturated carbocycles. The summed E-state index contributed by atoms with van der Waals surface area (Å²) >= 11 is 0. The number of hydrogen-bond acceptors (Lipinski definition) is 5. The lowest BCUT2D eigenvalue weighted by atomic mass is 10.0. The van der Waals surface area contributed by atoms with Crippen LogP contribution < -0.4 is 0 Å². The molecule has 0 aromatic heterocycles. The van der Waals surface area contributed by atoms with E-state index in [0.717, 1.165) is 11.1 Å². The largest absolute Gasteiger partial charge is 0.467 e. The Kier molecular flexibility index (Phi) is 4.92. The van der Waals surface area contributed by atoms with Crippen LogP contribution in [0.5, 0.6) is 0 Å². The van der Waals surface area contributed by atoms with Gasteiger partial charge >= 0.3 is 5.97 Å². The van der Waals surface area contributed by atoms with Gasteiger partial charge in [-0.25, -0.2) is 4.79 Å². The summed E-state index contributed by atoms with van der Waals surface area (Å²) in [4.78, 5) is 26.9. The second-order valence-corrected chi connectivity index (χ2v) is 6.71. The highest BCUT2D eigenvalue weighted by atomic mass is 16.7. The van der Waals surface area contributed by atoms with Crippen molar-refractivity contribution in [3.8, 4) is 0 Å². The Hall–Kier alpha value is -2.70. The first-order chi connectivity index (χ1) is 13.2. The van der Waals surface area contributed by atoms with Crippen LogP contribution in [0.3, 0.4) is 0 Å². The Morgan fingerprint density at radius 2 is 1.63 bits per heavy atom. The minimum absolute atomic E-state index is 0.246. The van der Waals surface area contributed by atoms with E-state index < -0.39 is 24.5 Å². The van der Waals surface area contributed by atoms with Gasteiger partial charge in [-0.3, -0.25) is 4.79 Å². The zero-order valence-corrected chi connectivity index (χ0v) is 15.0. The highest BCUT2D eigenvalue weighted by molar-refractivity contribution is 5.90. The second-order valence-electron chi connectivity index (χ2n) is 6.71. The molecule has 2 fully saturated rings.